The van der Waals surface area contributed by atoms with Gasteiger partial charge in [-0.15, -0.1) is 11.3 Å². The van der Waals surface area contributed by atoms with Crippen molar-refractivity contribution in [1.29, 1.82) is 0 Å². The van der Waals surface area contributed by atoms with E-state index in [2.05, 4.69) is 16.9 Å². The quantitative estimate of drug-likeness (QED) is 0.425. The molecule has 29 heavy (non-hydrogen) atoms. The molecule has 0 aliphatic rings. The number of unbranched alkanes of at least 4 members (excludes halogenated alkanes) is 1. The standard InChI is InChI=1S/C20H23N5OS3/c1-5-6-7-29(26)20-17(21)16-13(15-10-22-12(3)25(15)4)8-14(24-19(16)28-20)18-23-9-11(2)27-18/h8-10H,5-7,21H2,1-4H3. The molecule has 0 saturated heterocycles. The Morgan fingerprint density at radius 1 is 1.21 bits per heavy atom. The van der Waals surface area contributed by atoms with Gasteiger partial charge in [0.15, 0.2) is 0 Å². The van der Waals surface area contributed by atoms with Crippen molar-refractivity contribution in [2.75, 3.05) is 11.5 Å². The van der Waals surface area contributed by atoms with Gasteiger partial charge in [-0.25, -0.2) is 15.0 Å². The Kier molecular flexibility index (Phi) is 5.65. The molecular weight excluding hydrogens is 422 g/mol. The van der Waals surface area contributed by atoms with E-state index in [1.807, 2.05) is 43.9 Å². The van der Waals surface area contributed by atoms with Crippen LogP contribution in [0.1, 0.15) is 30.5 Å². The summed E-state index contributed by atoms with van der Waals surface area (Å²) in [4.78, 5) is 15.7. The zero-order chi connectivity index (χ0) is 20.7. The smallest absolute Gasteiger partial charge is 0.232 e. The van der Waals surface area contributed by atoms with E-state index in [9.17, 15) is 4.55 Å². The second kappa shape index (κ2) is 8.06. The summed E-state index contributed by atoms with van der Waals surface area (Å²) in [6.07, 6.45) is 5.62. The van der Waals surface area contributed by atoms with Crippen LogP contribution in [0.25, 0.3) is 32.2 Å². The van der Waals surface area contributed by atoms with Crippen LogP contribution < -0.4 is 5.73 Å². The predicted molar refractivity (Wildman–Crippen MR) is 123 cm³/mol. The summed E-state index contributed by atoms with van der Waals surface area (Å²) in [6.45, 7) is 6.09. The molecule has 0 aromatic carbocycles. The van der Waals surface area contributed by atoms with Crippen LogP contribution in [-0.2, 0) is 18.2 Å². The molecule has 4 aromatic heterocycles. The van der Waals surface area contributed by atoms with Crippen molar-refractivity contribution in [2.45, 2.75) is 37.8 Å². The number of nitrogens with zero attached hydrogens (tertiary/aromatic N) is 4. The number of hydrogen-bond acceptors (Lipinski definition) is 7. The molecule has 0 fully saturated rings. The average molecular weight is 446 g/mol. The number of nitrogens with two attached hydrogens (primary N) is 1. The number of hydrogen-bond donors (Lipinski definition) is 1. The Hall–Kier alpha value is -1.94. The maximum Gasteiger partial charge on any atom is 0.232 e. The van der Waals surface area contributed by atoms with Crippen LogP contribution in [0.3, 0.4) is 0 Å². The molecule has 0 spiro atoms. The third kappa shape index (κ3) is 3.68. The van der Waals surface area contributed by atoms with Gasteiger partial charge in [0.1, 0.15) is 32.8 Å². The summed E-state index contributed by atoms with van der Waals surface area (Å²) < 4.78 is 15.6. The van der Waals surface area contributed by atoms with Crippen LogP contribution in [0.5, 0.6) is 0 Å². The van der Waals surface area contributed by atoms with Crippen molar-refractivity contribution in [2.24, 2.45) is 7.05 Å². The summed E-state index contributed by atoms with van der Waals surface area (Å²) in [7, 11) is 1.99. The second-order valence-electron chi connectivity index (χ2n) is 6.97. The van der Waals surface area contributed by atoms with Gasteiger partial charge in [0.05, 0.1) is 11.9 Å². The molecule has 4 aromatic rings. The number of thiophene rings is 1. The monoisotopic (exact) mass is 445 g/mol. The first-order valence-electron chi connectivity index (χ1n) is 9.43. The second-order valence-corrected chi connectivity index (χ2v) is 11.0. The fourth-order valence-corrected chi connectivity index (χ4v) is 6.70. The van der Waals surface area contributed by atoms with Crippen LogP contribution in [0.15, 0.2) is 22.7 Å². The van der Waals surface area contributed by atoms with Gasteiger partial charge in [-0.1, -0.05) is 24.7 Å². The summed E-state index contributed by atoms with van der Waals surface area (Å²) in [5.74, 6) is 1.53. The zero-order valence-corrected chi connectivity index (χ0v) is 19.3. The van der Waals surface area contributed by atoms with Crippen molar-refractivity contribution in [1.82, 2.24) is 19.5 Å². The first-order valence-corrected chi connectivity index (χ1v) is 12.4. The van der Waals surface area contributed by atoms with E-state index in [4.69, 9.17) is 10.7 Å². The van der Waals surface area contributed by atoms with Crippen LogP contribution in [0.4, 0.5) is 5.69 Å². The molecule has 1 unspecified atom stereocenters. The number of rotatable bonds is 6. The lowest BCUT2D eigenvalue weighted by atomic mass is 10.1. The number of fused-ring (bicyclic) bond motifs is 1. The van der Waals surface area contributed by atoms with Crippen LogP contribution in [0.2, 0.25) is 0 Å². The molecule has 4 heterocycles. The molecule has 0 aliphatic heterocycles. The Balaban J connectivity index is 1.96. The number of imidazole rings is 1. The van der Waals surface area contributed by atoms with Crippen LogP contribution in [-0.4, -0.2) is 29.8 Å². The summed E-state index contributed by atoms with van der Waals surface area (Å²) in [5, 5.41) is 1.72. The molecule has 152 valence electrons. The van der Waals surface area contributed by atoms with Gasteiger partial charge < -0.3 is 14.9 Å². The first-order chi connectivity index (χ1) is 13.9. The average Bonchev–Trinajstić information content (AvgIpc) is 3.38. The van der Waals surface area contributed by atoms with Gasteiger partial charge in [-0.3, -0.25) is 0 Å². The van der Waals surface area contributed by atoms with E-state index in [0.29, 0.717) is 15.6 Å². The van der Waals surface area contributed by atoms with Crippen molar-refractivity contribution in [3.8, 4) is 22.0 Å². The number of aromatic nitrogens is 4. The van der Waals surface area contributed by atoms with Gasteiger partial charge in [0.25, 0.3) is 0 Å². The molecular formula is C20H23N5OS3. The minimum absolute atomic E-state index is 0.572. The lowest BCUT2D eigenvalue weighted by molar-refractivity contribution is 0.594. The zero-order valence-electron chi connectivity index (χ0n) is 16.9. The maximum absolute atomic E-state index is 12.9. The summed E-state index contributed by atoms with van der Waals surface area (Å²) >= 11 is 1.92. The third-order valence-electron chi connectivity index (χ3n) is 4.89. The summed E-state index contributed by atoms with van der Waals surface area (Å²) in [5.41, 5.74) is 9.82. The Labute approximate surface area is 181 Å². The number of pyridine rings is 1. The highest BCUT2D eigenvalue weighted by Crippen LogP contribution is 2.43. The van der Waals surface area contributed by atoms with Crippen LogP contribution in [0, 0.1) is 13.8 Å². The van der Waals surface area contributed by atoms with Crippen molar-refractivity contribution in [3.63, 3.8) is 0 Å². The van der Waals surface area contributed by atoms with E-state index < -0.39 is 11.2 Å². The van der Waals surface area contributed by atoms with Gasteiger partial charge >= 0.3 is 0 Å². The highest BCUT2D eigenvalue weighted by molar-refractivity contribution is 7.93. The fourth-order valence-electron chi connectivity index (χ4n) is 3.17. The molecule has 0 bridgehead atoms. The predicted octanol–water partition coefficient (Wildman–Crippen LogP) is 4.93. The van der Waals surface area contributed by atoms with Crippen molar-refractivity contribution in [3.05, 3.63) is 29.2 Å². The first kappa shape index (κ1) is 20.3. The minimum atomic E-state index is -1.12. The van der Waals surface area contributed by atoms with E-state index in [-0.39, 0.29) is 0 Å². The fraction of sp³-hybridized carbons (Fsp3) is 0.350. The Morgan fingerprint density at radius 2 is 2.00 bits per heavy atom. The molecule has 4 rings (SSSR count). The molecule has 2 N–H and O–H groups in total. The number of thiazole rings is 1. The van der Waals surface area contributed by atoms with Gasteiger partial charge in [0, 0.05) is 29.1 Å². The van der Waals surface area contributed by atoms with E-state index >= 15 is 0 Å². The van der Waals surface area contributed by atoms with E-state index in [1.165, 1.54) is 11.3 Å². The van der Waals surface area contributed by atoms with Gasteiger partial charge in [0.2, 0.25) is 4.21 Å². The Bertz CT molecular complexity index is 1180. The van der Waals surface area contributed by atoms with Crippen molar-refractivity contribution >= 4 is 49.8 Å². The molecule has 0 saturated carbocycles. The van der Waals surface area contributed by atoms with Crippen LogP contribution >= 0.6 is 22.7 Å². The Morgan fingerprint density at radius 3 is 2.62 bits per heavy atom. The van der Waals surface area contributed by atoms with Gasteiger partial charge in [-0.2, -0.15) is 0 Å². The third-order valence-corrected chi connectivity index (χ3v) is 8.82. The molecule has 1 atom stereocenters. The van der Waals surface area contributed by atoms with Crippen molar-refractivity contribution < 1.29 is 4.55 Å². The molecule has 0 amide bonds. The lowest BCUT2D eigenvalue weighted by Crippen LogP contribution is -2.07. The minimum Gasteiger partial charge on any atom is -0.611 e. The number of aryl methyl sites for hydroxylation is 2. The van der Waals surface area contributed by atoms with E-state index in [0.717, 1.165) is 55.7 Å². The molecule has 0 radical (unpaired) electrons. The largest absolute Gasteiger partial charge is 0.611 e. The highest BCUT2D eigenvalue weighted by atomic mass is 32.2. The maximum atomic E-state index is 12.9. The van der Waals surface area contributed by atoms with E-state index in [1.54, 1.807) is 11.3 Å². The number of anilines is 1. The topological polar surface area (TPSA) is 92.7 Å². The normalized spacial score (nSPS) is 12.7. The molecule has 0 aliphatic carbocycles. The lowest BCUT2D eigenvalue weighted by Gasteiger charge is -2.09. The highest BCUT2D eigenvalue weighted by Gasteiger charge is 2.26. The summed E-state index contributed by atoms with van der Waals surface area (Å²) in [6, 6.07) is 2.03. The van der Waals surface area contributed by atoms with Gasteiger partial charge in [-0.05, 0) is 37.5 Å². The SMILES string of the molecule is CCCC[S+]([O-])c1sc2nc(-c3ncc(C)s3)cc(-c3cnc(C)n3C)c2c1N. The number of nitrogen functional groups attached to an aromatic ring is 1. The molecule has 9 heteroatoms. The molecule has 6 nitrogen and oxygen atoms in total.